The molecule has 31 heavy (non-hydrogen) atoms. The molecule has 0 spiro atoms. The predicted molar refractivity (Wildman–Crippen MR) is 120 cm³/mol. The van der Waals surface area contributed by atoms with E-state index in [1.165, 1.54) is 24.3 Å². The third-order valence-corrected chi connectivity index (χ3v) is 5.54. The summed E-state index contributed by atoms with van der Waals surface area (Å²) >= 11 is 1.32. The van der Waals surface area contributed by atoms with Crippen molar-refractivity contribution in [2.24, 2.45) is 0 Å². The van der Waals surface area contributed by atoms with Crippen LogP contribution in [0, 0.1) is 11.3 Å². The van der Waals surface area contributed by atoms with Crippen LogP contribution in [-0.2, 0) is 4.79 Å². The minimum atomic E-state index is -0.454. The third kappa shape index (κ3) is 4.63. The largest absolute Gasteiger partial charge is 0.309 e. The van der Waals surface area contributed by atoms with Crippen LogP contribution < -0.4 is 5.32 Å². The Kier molecular flexibility index (Phi) is 6.05. The quantitative estimate of drug-likeness (QED) is 0.364. The zero-order chi connectivity index (χ0) is 21.6. The lowest BCUT2D eigenvalue weighted by molar-refractivity contribution is -0.115. The van der Waals surface area contributed by atoms with Gasteiger partial charge >= 0.3 is 0 Å². The number of carbonyl (C=O) groups excluding carboxylic acids is 1. The first-order valence-electron chi connectivity index (χ1n) is 9.54. The van der Waals surface area contributed by atoms with E-state index in [2.05, 4.69) is 26.5 Å². The summed E-state index contributed by atoms with van der Waals surface area (Å²) in [7, 11) is 0. The summed E-state index contributed by atoms with van der Waals surface area (Å²) in [6.45, 7) is 1.79. The third-order valence-electron chi connectivity index (χ3n) is 4.51. The number of thioether (sulfide) groups is 1. The molecule has 0 aliphatic heterocycles. The highest BCUT2D eigenvalue weighted by molar-refractivity contribution is 8.00. The molecule has 0 radical (unpaired) electrons. The molecule has 7 nitrogen and oxygen atoms in total. The Morgan fingerprint density at radius 1 is 1.10 bits per heavy atom. The van der Waals surface area contributed by atoms with Gasteiger partial charge < -0.3 is 5.32 Å². The second-order valence-electron chi connectivity index (χ2n) is 6.62. The molecule has 0 saturated heterocycles. The number of rotatable bonds is 6. The highest BCUT2D eigenvalue weighted by Gasteiger charge is 2.20. The number of nitrogens with zero attached hydrogens (tertiary/aromatic N) is 5. The van der Waals surface area contributed by atoms with E-state index in [-0.39, 0.29) is 5.91 Å². The number of aromatic nitrogens is 4. The Hall–Kier alpha value is -3.96. The number of carbonyl (C=O) groups is 1. The average molecular weight is 427 g/mol. The molecular weight excluding hydrogens is 408 g/mol. The summed E-state index contributed by atoms with van der Waals surface area (Å²) in [5.74, 6) is 0.0952. The maximum atomic E-state index is 12.9. The minimum absolute atomic E-state index is 0.251. The van der Waals surface area contributed by atoms with Crippen LogP contribution in [0.25, 0.3) is 16.9 Å². The van der Waals surface area contributed by atoms with Crippen LogP contribution in [0.4, 0.5) is 5.82 Å². The van der Waals surface area contributed by atoms with Crippen LogP contribution >= 0.6 is 11.8 Å². The van der Waals surface area contributed by atoms with Crippen LogP contribution in [0.15, 0.2) is 84.3 Å². The monoisotopic (exact) mass is 426 g/mol. The molecular formula is C23H18N6OS. The van der Waals surface area contributed by atoms with E-state index in [0.29, 0.717) is 16.4 Å². The molecule has 1 N–H and O–H groups in total. The Labute approximate surface area is 183 Å². The molecule has 1 unspecified atom stereocenters. The number of nitrogens with one attached hydrogen (secondary N) is 1. The van der Waals surface area contributed by atoms with E-state index in [0.717, 1.165) is 16.9 Å². The van der Waals surface area contributed by atoms with Gasteiger partial charge in [0, 0.05) is 5.56 Å². The Bertz CT molecular complexity index is 1230. The van der Waals surface area contributed by atoms with E-state index >= 15 is 0 Å². The standard InChI is InChI=1S/C23H18N6OS/c1-16(31-21-12-20(25-15-26-21)17-8-4-2-5-9-17)23(30)28-22-18(13-24)14-27-29(22)19-10-6-3-7-11-19/h2-12,14-16H,1H3,(H,28,30). The van der Waals surface area contributed by atoms with Crippen LogP contribution in [0.3, 0.4) is 0 Å². The minimum Gasteiger partial charge on any atom is -0.309 e. The lowest BCUT2D eigenvalue weighted by atomic mass is 10.1. The lowest BCUT2D eigenvalue weighted by Gasteiger charge is -2.13. The predicted octanol–water partition coefficient (Wildman–Crippen LogP) is 4.32. The number of nitriles is 1. The summed E-state index contributed by atoms with van der Waals surface area (Å²) in [5.41, 5.74) is 2.82. The molecule has 0 saturated carbocycles. The van der Waals surface area contributed by atoms with Gasteiger partial charge in [-0.25, -0.2) is 14.6 Å². The summed E-state index contributed by atoms with van der Waals surface area (Å²) in [6.07, 6.45) is 2.94. The van der Waals surface area contributed by atoms with Crippen LogP contribution in [0.1, 0.15) is 12.5 Å². The fourth-order valence-corrected chi connectivity index (χ4v) is 3.76. The normalized spacial score (nSPS) is 11.5. The molecule has 2 heterocycles. The molecule has 0 bridgehead atoms. The number of hydrogen-bond acceptors (Lipinski definition) is 6. The number of anilines is 1. The first-order chi connectivity index (χ1) is 15.2. The van der Waals surface area contributed by atoms with Crippen molar-refractivity contribution in [3.63, 3.8) is 0 Å². The maximum absolute atomic E-state index is 12.9. The average Bonchev–Trinajstić information content (AvgIpc) is 3.23. The van der Waals surface area contributed by atoms with E-state index in [1.54, 1.807) is 11.6 Å². The number of benzene rings is 2. The van der Waals surface area contributed by atoms with E-state index in [4.69, 9.17) is 0 Å². The van der Waals surface area contributed by atoms with Gasteiger partial charge in [0.2, 0.25) is 5.91 Å². The van der Waals surface area contributed by atoms with Crippen LogP contribution in [0.5, 0.6) is 0 Å². The van der Waals surface area contributed by atoms with E-state index in [1.807, 2.05) is 66.7 Å². The first-order valence-corrected chi connectivity index (χ1v) is 10.4. The van der Waals surface area contributed by atoms with Crippen molar-refractivity contribution in [3.8, 4) is 23.0 Å². The topological polar surface area (TPSA) is 96.5 Å². The fourth-order valence-electron chi connectivity index (χ4n) is 2.94. The second-order valence-corrected chi connectivity index (χ2v) is 7.98. The molecule has 0 fully saturated rings. The number of hydrogen-bond donors (Lipinski definition) is 1. The Morgan fingerprint density at radius 3 is 2.52 bits per heavy atom. The molecule has 152 valence electrons. The van der Waals surface area contributed by atoms with Gasteiger partial charge in [0.25, 0.3) is 0 Å². The van der Waals surface area contributed by atoms with Gasteiger partial charge in [-0.15, -0.1) is 0 Å². The van der Waals surface area contributed by atoms with Crippen LogP contribution in [-0.4, -0.2) is 30.9 Å². The van der Waals surface area contributed by atoms with Gasteiger partial charge in [-0.3, -0.25) is 4.79 Å². The summed E-state index contributed by atoms with van der Waals surface area (Å²) < 4.78 is 1.55. The number of para-hydroxylation sites is 1. The van der Waals surface area contributed by atoms with Gasteiger partial charge in [0.05, 0.1) is 22.8 Å². The summed E-state index contributed by atoms with van der Waals surface area (Å²) in [5, 5.41) is 16.8. The van der Waals surface area contributed by atoms with Gasteiger partial charge in [-0.05, 0) is 25.1 Å². The van der Waals surface area contributed by atoms with Crippen molar-refractivity contribution in [2.75, 3.05) is 5.32 Å². The van der Waals surface area contributed by atoms with Crippen LogP contribution in [0.2, 0.25) is 0 Å². The zero-order valence-electron chi connectivity index (χ0n) is 16.6. The fraction of sp³-hybridized carbons (Fsp3) is 0.0870. The molecule has 1 atom stereocenters. The second kappa shape index (κ2) is 9.24. The van der Waals surface area contributed by atoms with E-state index in [9.17, 15) is 10.1 Å². The lowest BCUT2D eigenvalue weighted by Crippen LogP contribution is -2.24. The SMILES string of the molecule is CC(Sc1cc(-c2ccccc2)ncn1)C(=O)Nc1c(C#N)cnn1-c1ccccc1. The first kappa shape index (κ1) is 20.3. The highest BCUT2D eigenvalue weighted by atomic mass is 32.2. The van der Waals surface area contributed by atoms with Crippen molar-refractivity contribution < 1.29 is 4.79 Å². The molecule has 0 aliphatic carbocycles. The van der Waals surface area contributed by atoms with Crippen molar-refractivity contribution >= 4 is 23.5 Å². The smallest absolute Gasteiger partial charge is 0.238 e. The van der Waals surface area contributed by atoms with E-state index < -0.39 is 5.25 Å². The summed E-state index contributed by atoms with van der Waals surface area (Å²) in [6, 6.07) is 23.1. The molecule has 4 rings (SSSR count). The van der Waals surface area contributed by atoms with Crippen molar-refractivity contribution in [1.82, 2.24) is 19.7 Å². The zero-order valence-corrected chi connectivity index (χ0v) is 17.5. The van der Waals surface area contributed by atoms with Gasteiger partial charge in [-0.1, -0.05) is 60.3 Å². The molecule has 2 aromatic heterocycles. The van der Waals surface area contributed by atoms with Crippen molar-refractivity contribution in [2.45, 2.75) is 17.2 Å². The van der Waals surface area contributed by atoms with Gasteiger partial charge in [-0.2, -0.15) is 10.4 Å². The molecule has 4 aromatic rings. The molecule has 2 aromatic carbocycles. The van der Waals surface area contributed by atoms with Gasteiger partial charge in [0.1, 0.15) is 23.0 Å². The molecule has 1 amide bonds. The Morgan fingerprint density at radius 2 is 1.81 bits per heavy atom. The van der Waals surface area contributed by atoms with Crippen molar-refractivity contribution in [1.29, 1.82) is 5.26 Å². The summed E-state index contributed by atoms with van der Waals surface area (Å²) in [4.78, 5) is 21.5. The molecule has 8 heteroatoms. The highest BCUT2D eigenvalue weighted by Crippen LogP contribution is 2.27. The Balaban J connectivity index is 1.52. The van der Waals surface area contributed by atoms with Gasteiger partial charge in [0.15, 0.2) is 5.82 Å². The maximum Gasteiger partial charge on any atom is 0.238 e. The molecule has 0 aliphatic rings. The number of amides is 1. The van der Waals surface area contributed by atoms with Crippen molar-refractivity contribution in [3.05, 3.63) is 84.8 Å².